The molecule has 0 N–H and O–H groups in total. The van der Waals surface area contributed by atoms with Crippen molar-refractivity contribution in [2.24, 2.45) is 0 Å². The standard InChI is InChI=1S/C13H12ClNOS/c1-8-3-5-10(6-4-8)13-15-11(7-14)12(17-13)9(2)16/h3-6H,7H2,1-2H3. The van der Waals surface area contributed by atoms with Gasteiger partial charge in [0.05, 0.1) is 16.5 Å². The average molecular weight is 266 g/mol. The molecule has 0 bridgehead atoms. The van der Waals surface area contributed by atoms with Gasteiger partial charge in [0.15, 0.2) is 5.78 Å². The molecule has 0 saturated carbocycles. The minimum absolute atomic E-state index is 0.0245. The van der Waals surface area contributed by atoms with Crippen molar-refractivity contribution >= 4 is 28.7 Å². The monoisotopic (exact) mass is 265 g/mol. The molecular formula is C13H12ClNOS. The molecule has 17 heavy (non-hydrogen) atoms. The third kappa shape index (κ3) is 2.56. The van der Waals surface area contributed by atoms with Crippen LogP contribution >= 0.6 is 22.9 Å². The van der Waals surface area contributed by atoms with Gasteiger partial charge < -0.3 is 0 Å². The third-order valence-corrected chi connectivity index (χ3v) is 3.94. The number of rotatable bonds is 3. The fourth-order valence-corrected chi connectivity index (χ4v) is 2.79. The number of carbonyl (C=O) groups excluding carboxylic acids is 1. The van der Waals surface area contributed by atoms with Gasteiger partial charge in [-0.05, 0) is 6.92 Å². The van der Waals surface area contributed by atoms with E-state index < -0.39 is 0 Å². The number of halogens is 1. The van der Waals surface area contributed by atoms with Gasteiger partial charge >= 0.3 is 0 Å². The summed E-state index contributed by atoms with van der Waals surface area (Å²) in [5, 5.41) is 0.853. The Labute approximate surface area is 109 Å². The van der Waals surface area contributed by atoms with Gasteiger partial charge in [-0.15, -0.1) is 22.9 Å². The highest BCUT2D eigenvalue weighted by atomic mass is 35.5. The molecule has 0 spiro atoms. The Morgan fingerprint density at radius 3 is 2.47 bits per heavy atom. The smallest absolute Gasteiger partial charge is 0.171 e. The minimum atomic E-state index is 0.0245. The summed E-state index contributed by atoms with van der Waals surface area (Å²) in [6.07, 6.45) is 0. The van der Waals surface area contributed by atoms with E-state index in [4.69, 9.17) is 11.6 Å². The van der Waals surface area contributed by atoms with Gasteiger partial charge in [0.1, 0.15) is 5.01 Å². The van der Waals surface area contributed by atoms with E-state index in [-0.39, 0.29) is 11.7 Å². The van der Waals surface area contributed by atoms with E-state index in [1.54, 1.807) is 6.92 Å². The molecule has 2 rings (SSSR count). The van der Waals surface area contributed by atoms with E-state index in [0.29, 0.717) is 10.6 Å². The van der Waals surface area contributed by atoms with Crippen LogP contribution in [0, 0.1) is 6.92 Å². The summed E-state index contributed by atoms with van der Waals surface area (Å²) in [7, 11) is 0. The molecular weight excluding hydrogens is 254 g/mol. The number of hydrogen-bond acceptors (Lipinski definition) is 3. The Balaban J connectivity index is 2.46. The number of benzene rings is 1. The Kier molecular flexibility index (Phi) is 3.60. The summed E-state index contributed by atoms with van der Waals surface area (Å²) >= 11 is 7.20. The van der Waals surface area contributed by atoms with Crippen molar-refractivity contribution in [2.45, 2.75) is 19.7 Å². The van der Waals surface area contributed by atoms with E-state index in [1.807, 2.05) is 31.2 Å². The predicted octanol–water partition coefficient (Wildman–Crippen LogP) is 4.06. The van der Waals surface area contributed by atoms with Crippen molar-refractivity contribution < 1.29 is 4.79 Å². The number of carbonyl (C=O) groups is 1. The zero-order valence-corrected chi connectivity index (χ0v) is 11.2. The van der Waals surface area contributed by atoms with Crippen molar-refractivity contribution in [2.75, 3.05) is 0 Å². The second-order valence-corrected chi connectivity index (χ2v) is 5.12. The molecule has 0 atom stereocenters. The molecule has 88 valence electrons. The summed E-state index contributed by atoms with van der Waals surface area (Å²) in [6, 6.07) is 8.08. The number of aryl methyl sites for hydroxylation is 1. The first kappa shape index (κ1) is 12.3. The third-order valence-electron chi connectivity index (χ3n) is 2.44. The lowest BCUT2D eigenvalue weighted by Crippen LogP contribution is -1.92. The molecule has 1 heterocycles. The van der Waals surface area contributed by atoms with Crippen LogP contribution in [0.4, 0.5) is 0 Å². The highest BCUT2D eigenvalue weighted by Crippen LogP contribution is 2.29. The van der Waals surface area contributed by atoms with Gasteiger partial charge in [-0.2, -0.15) is 0 Å². The summed E-state index contributed by atoms with van der Waals surface area (Å²) in [5.41, 5.74) is 2.91. The largest absolute Gasteiger partial charge is 0.294 e. The Morgan fingerprint density at radius 1 is 1.35 bits per heavy atom. The van der Waals surface area contributed by atoms with E-state index in [0.717, 1.165) is 10.6 Å². The van der Waals surface area contributed by atoms with Gasteiger partial charge in [0, 0.05) is 12.5 Å². The summed E-state index contributed by atoms with van der Waals surface area (Å²) in [4.78, 5) is 16.5. The number of nitrogens with zero attached hydrogens (tertiary/aromatic N) is 1. The molecule has 0 saturated heterocycles. The Bertz CT molecular complexity index is 545. The number of alkyl halides is 1. The normalized spacial score (nSPS) is 10.5. The Morgan fingerprint density at radius 2 is 2.00 bits per heavy atom. The summed E-state index contributed by atoms with van der Waals surface area (Å²) in [6.45, 7) is 3.58. The molecule has 0 aliphatic carbocycles. The van der Waals surface area contributed by atoms with Crippen molar-refractivity contribution in [1.82, 2.24) is 4.98 Å². The van der Waals surface area contributed by atoms with Crippen molar-refractivity contribution in [3.05, 3.63) is 40.4 Å². The molecule has 4 heteroatoms. The van der Waals surface area contributed by atoms with E-state index in [2.05, 4.69) is 4.98 Å². The topological polar surface area (TPSA) is 30.0 Å². The first-order valence-electron chi connectivity index (χ1n) is 5.25. The molecule has 2 nitrogen and oxygen atoms in total. The molecule has 0 aliphatic heterocycles. The maximum Gasteiger partial charge on any atom is 0.171 e. The van der Waals surface area contributed by atoms with Gasteiger partial charge in [-0.25, -0.2) is 4.98 Å². The van der Waals surface area contributed by atoms with Crippen molar-refractivity contribution in [3.8, 4) is 10.6 Å². The van der Waals surface area contributed by atoms with Gasteiger partial charge in [-0.3, -0.25) is 4.79 Å². The number of hydrogen-bond donors (Lipinski definition) is 0. The lowest BCUT2D eigenvalue weighted by Gasteiger charge is -1.96. The van der Waals surface area contributed by atoms with Crippen LogP contribution in [0.25, 0.3) is 10.6 Å². The summed E-state index contributed by atoms with van der Waals surface area (Å²) in [5.74, 6) is 0.300. The first-order chi connectivity index (χ1) is 8.11. The van der Waals surface area contributed by atoms with E-state index in [9.17, 15) is 4.79 Å². The van der Waals surface area contributed by atoms with Crippen LogP contribution in [-0.4, -0.2) is 10.8 Å². The number of aromatic nitrogens is 1. The van der Waals surface area contributed by atoms with Crippen LogP contribution in [0.3, 0.4) is 0 Å². The Hall–Kier alpha value is -1.19. The molecule has 1 aromatic carbocycles. The fraction of sp³-hybridized carbons (Fsp3) is 0.231. The number of ketones is 1. The van der Waals surface area contributed by atoms with E-state index >= 15 is 0 Å². The van der Waals surface area contributed by atoms with E-state index in [1.165, 1.54) is 16.9 Å². The lowest BCUT2D eigenvalue weighted by atomic mass is 10.2. The molecule has 0 radical (unpaired) electrons. The van der Waals surface area contributed by atoms with Crippen LogP contribution in [-0.2, 0) is 5.88 Å². The van der Waals surface area contributed by atoms with Crippen LogP contribution < -0.4 is 0 Å². The zero-order chi connectivity index (χ0) is 12.4. The average Bonchev–Trinajstić information content (AvgIpc) is 2.74. The molecule has 0 fully saturated rings. The second kappa shape index (κ2) is 4.98. The maximum atomic E-state index is 11.4. The first-order valence-corrected chi connectivity index (χ1v) is 6.60. The number of Topliss-reactive ketones (excluding diaryl/α,β-unsaturated/α-hetero) is 1. The SMILES string of the molecule is CC(=O)c1sc(-c2ccc(C)cc2)nc1CCl. The quantitative estimate of drug-likeness (QED) is 0.619. The number of thiazole rings is 1. The predicted molar refractivity (Wildman–Crippen MR) is 71.8 cm³/mol. The summed E-state index contributed by atoms with van der Waals surface area (Å²) < 4.78 is 0. The molecule has 1 aromatic heterocycles. The second-order valence-electron chi connectivity index (χ2n) is 3.85. The fourth-order valence-electron chi connectivity index (χ4n) is 1.54. The molecule has 0 unspecified atom stereocenters. The molecule has 0 amide bonds. The molecule has 2 aromatic rings. The van der Waals surface area contributed by atoms with Crippen LogP contribution in [0.15, 0.2) is 24.3 Å². The van der Waals surface area contributed by atoms with Crippen molar-refractivity contribution in [3.63, 3.8) is 0 Å². The highest BCUT2D eigenvalue weighted by molar-refractivity contribution is 7.17. The van der Waals surface area contributed by atoms with Gasteiger partial charge in [-0.1, -0.05) is 29.8 Å². The maximum absolute atomic E-state index is 11.4. The van der Waals surface area contributed by atoms with Crippen LogP contribution in [0.5, 0.6) is 0 Å². The van der Waals surface area contributed by atoms with Crippen LogP contribution in [0.2, 0.25) is 0 Å². The van der Waals surface area contributed by atoms with Gasteiger partial charge in [0.25, 0.3) is 0 Å². The highest BCUT2D eigenvalue weighted by Gasteiger charge is 2.14. The van der Waals surface area contributed by atoms with Crippen molar-refractivity contribution in [1.29, 1.82) is 0 Å². The zero-order valence-electron chi connectivity index (χ0n) is 9.66. The molecule has 0 aliphatic rings. The lowest BCUT2D eigenvalue weighted by molar-refractivity contribution is 0.102. The van der Waals surface area contributed by atoms with Crippen LogP contribution in [0.1, 0.15) is 27.9 Å². The minimum Gasteiger partial charge on any atom is -0.294 e. The van der Waals surface area contributed by atoms with Gasteiger partial charge in [0.2, 0.25) is 0 Å².